The van der Waals surface area contributed by atoms with Crippen LogP contribution in [0.25, 0.3) is 0 Å². The molecule has 0 radical (unpaired) electrons. The highest BCUT2D eigenvalue weighted by Gasteiger charge is 2.18. The van der Waals surface area contributed by atoms with Crippen LogP contribution < -0.4 is 10.5 Å². The van der Waals surface area contributed by atoms with Gasteiger partial charge in [0.15, 0.2) is 0 Å². The van der Waals surface area contributed by atoms with Gasteiger partial charge in [-0.25, -0.2) is 4.57 Å². The zero-order valence-electron chi connectivity index (χ0n) is 18.0. The fraction of sp³-hybridized carbons (Fsp3) is 0.280. The van der Waals surface area contributed by atoms with Crippen molar-refractivity contribution in [3.8, 4) is 5.75 Å². The third-order valence-electron chi connectivity index (χ3n) is 4.96. The third-order valence-corrected chi connectivity index (χ3v) is 6.52. The molecule has 0 aromatic heterocycles. The second-order valence-corrected chi connectivity index (χ2v) is 9.92. The molecule has 3 aromatic carbocycles. The van der Waals surface area contributed by atoms with Crippen LogP contribution in [0.5, 0.6) is 5.75 Å². The summed E-state index contributed by atoms with van der Waals surface area (Å²) in [6, 6.07) is 24.4. The summed E-state index contributed by atoms with van der Waals surface area (Å²) >= 11 is 8.19. The molecule has 3 aromatic rings. The Labute approximate surface area is 200 Å². The van der Waals surface area contributed by atoms with E-state index in [2.05, 4.69) is 30.3 Å². The van der Waals surface area contributed by atoms with E-state index in [1.165, 1.54) is 0 Å². The standard InChI is InChI=1S/C25H27ClNO3PS/c1-25(27,18-30-31-28)14-6-9-20-12-13-23(16-24(20)26)32-22-11-5-10-21(15-22)29-17-19-7-3-2-4-8-19/h2-5,7-8,10-13,15-16H,6,9,14,17-18,27H2,1H3. The highest BCUT2D eigenvalue weighted by atomic mass is 35.5. The minimum absolute atomic E-state index is 0.259. The summed E-state index contributed by atoms with van der Waals surface area (Å²) < 4.78 is 21.3. The Kier molecular flexibility index (Phi) is 9.58. The highest BCUT2D eigenvalue weighted by molar-refractivity contribution is 7.99. The molecule has 32 heavy (non-hydrogen) atoms. The van der Waals surface area contributed by atoms with E-state index in [4.69, 9.17) is 26.6 Å². The van der Waals surface area contributed by atoms with Gasteiger partial charge in [0, 0.05) is 20.4 Å². The Balaban J connectivity index is 1.54. The first kappa shape index (κ1) is 24.8. The van der Waals surface area contributed by atoms with Crippen molar-refractivity contribution in [1.29, 1.82) is 0 Å². The molecule has 0 amide bonds. The molecular weight excluding hydrogens is 461 g/mol. The number of nitrogens with two attached hydrogens (primary N) is 1. The van der Waals surface area contributed by atoms with Crippen molar-refractivity contribution in [2.24, 2.45) is 5.73 Å². The Morgan fingerprint density at radius 2 is 1.81 bits per heavy atom. The number of aryl methyl sites for hydroxylation is 1. The molecule has 0 aliphatic carbocycles. The molecule has 4 nitrogen and oxygen atoms in total. The normalized spacial score (nSPS) is 13.1. The number of hydrogen-bond acceptors (Lipinski definition) is 5. The number of ether oxygens (including phenoxy) is 1. The number of rotatable bonds is 12. The first-order valence-corrected chi connectivity index (χ1v) is 12.3. The molecular formula is C25H27ClNO3PS. The number of halogens is 1. The second kappa shape index (κ2) is 12.4. The summed E-state index contributed by atoms with van der Waals surface area (Å²) in [5, 5.41) is 0.750. The Morgan fingerprint density at radius 3 is 2.56 bits per heavy atom. The van der Waals surface area contributed by atoms with Crippen molar-refractivity contribution in [3.05, 3.63) is 88.9 Å². The molecule has 0 bridgehead atoms. The van der Waals surface area contributed by atoms with Crippen LogP contribution in [0.4, 0.5) is 0 Å². The van der Waals surface area contributed by atoms with E-state index in [1.807, 2.05) is 49.4 Å². The van der Waals surface area contributed by atoms with Crippen LogP contribution in [0.1, 0.15) is 30.9 Å². The Bertz CT molecular complexity index is 1020. The maximum Gasteiger partial charge on any atom is 0.327 e. The van der Waals surface area contributed by atoms with E-state index in [-0.39, 0.29) is 15.3 Å². The molecule has 0 fully saturated rings. The van der Waals surface area contributed by atoms with E-state index >= 15 is 0 Å². The topological polar surface area (TPSA) is 61.6 Å². The third kappa shape index (κ3) is 8.23. The van der Waals surface area contributed by atoms with Gasteiger partial charge in [0.25, 0.3) is 0 Å². The predicted molar refractivity (Wildman–Crippen MR) is 132 cm³/mol. The SMILES string of the molecule is CC(N)(CCCc1ccc(Sc2cccc(OCc3ccccc3)c2)cc1Cl)COP=O. The van der Waals surface area contributed by atoms with E-state index < -0.39 is 5.54 Å². The molecule has 0 heterocycles. The summed E-state index contributed by atoms with van der Waals surface area (Å²) in [6.45, 7) is 2.70. The van der Waals surface area contributed by atoms with Gasteiger partial charge in [-0.2, -0.15) is 0 Å². The first-order valence-electron chi connectivity index (χ1n) is 10.4. The molecule has 0 aliphatic rings. The molecule has 3 rings (SSSR count). The van der Waals surface area contributed by atoms with Crippen LogP contribution >= 0.6 is 32.0 Å². The van der Waals surface area contributed by atoms with E-state index in [0.717, 1.165) is 51.0 Å². The largest absolute Gasteiger partial charge is 0.489 e. The molecule has 1 unspecified atom stereocenters. The molecule has 0 saturated heterocycles. The lowest BCUT2D eigenvalue weighted by Gasteiger charge is -2.22. The van der Waals surface area contributed by atoms with Crippen LogP contribution in [0, 0.1) is 0 Å². The summed E-state index contributed by atoms with van der Waals surface area (Å²) in [5.41, 5.74) is 7.89. The van der Waals surface area contributed by atoms with Crippen molar-refractivity contribution in [3.63, 3.8) is 0 Å². The van der Waals surface area contributed by atoms with Crippen LogP contribution in [0.15, 0.2) is 82.6 Å². The zero-order valence-corrected chi connectivity index (χ0v) is 20.5. The van der Waals surface area contributed by atoms with Crippen molar-refractivity contribution >= 4 is 32.0 Å². The minimum atomic E-state index is -0.507. The Hall–Kier alpha value is -1.88. The molecule has 7 heteroatoms. The van der Waals surface area contributed by atoms with Crippen LogP contribution in [0.2, 0.25) is 5.02 Å². The maximum absolute atomic E-state index is 10.5. The lowest BCUT2D eigenvalue weighted by Crippen LogP contribution is -2.40. The fourth-order valence-corrected chi connectivity index (χ4v) is 4.82. The van der Waals surface area contributed by atoms with Crippen molar-refractivity contribution in [1.82, 2.24) is 0 Å². The van der Waals surface area contributed by atoms with Gasteiger partial charge in [0.05, 0.1) is 6.61 Å². The molecule has 1 atom stereocenters. The van der Waals surface area contributed by atoms with Gasteiger partial charge < -0.3 is 10.5 Å². The van der Waals surface area contributed by atoms with Crippen molar-refractivity contribution < 1.29 is 13.8 Å². The van der Waals surface area contributed by atoms with Gasteiger partial charge >= 0.3 is 8.69 Å². The van der Waals surface area contributed by atoms with Gasteiger partial charge in [0.2, 0.25) is 0 Å². The van der Waals surface area contributed by atoms with Gasteiger partial charge in [0.1, 0.15) is 12.4 Å². The average Bonchev–Trinajstić information content (AvgIpc) is 2.79. The minimum Gasteiger partial charge on any atom is -0.489 e. The predicted octanol–water partition coefficient (Wildman–Crippen LogP) is 7.33. The van der Waals surface area contributed by atoms with Gasteiger partial charge in [-0.05, 0) is 67.6 Å². The molecule has 0 aliphatic heterocycles. The monoisotopic (exact) mass is 487 g/mol. The summed E-state index contributed by atoms with van der Waals surface area (Å²) in [7, 11) is -0.336. The lowest BCUT2D eigenvalue weighted by atomic mass is 9.95. The van der Waals surface area contributed by atoms with Crippen molar-refractivity contribution in [2.45, 2.75) is 48.1 Å². The fourth-order valence-electron chi connectivity index (χ4n) is 3.23. The molecule has 0 spiro atoms. The summed E-state index contributed by atoms with van der Waals surface area (Å²) in [5.74, 6) is 0.840. The number of benzene rings is 3. The van der Waals surface area contributed by atoms with Gasteiger partial charge in [-0.3, -0.25) is 4.52 Å². The smallest absolute Gasteiger partial charge is 0.327 e. The second-order valence-electron chi connectivity index (χ2n) is 7.96. The first-order chi connectivity index (χ1) is 15.4. The van der Waals surface area contributed by atoms with E-state index in [1.54, 1.807) is 11.8 Å². The van der Waals surface area contributed by atoms with E-state index in [0.29, 0.717) is 6.61 Å². The Morgan fingerprint density at radius 1 is 1.03 bits per heavy atom. The molecule has 2 N–H and O–H groups in total. The van der Waals surface area contributed by atoms with E-state index in [9.17, 15) is 4.57 Å². The van der Waals surface area contributed by atoms with Gasteiger partial charge in [-0.1, -0.05) is 65.8 Å². The van der Waals surface area contributed by atoms with Crippen LogP contribution in [0.3, 0.4) is 0 Å². The quantitative estimate of drug-likeness (QED) is 0.271. The molecule has 168 valence electrons. The maximum atomic E-state index is 10.5. The van der Waals surface area contributed by atoms with Crippen LogP contribution in [-0.4, -0.2) is 12.1 Å². The van der Waals surface area contributed by atoms with Crippen molar-refractivity contribution in [2.75, 3.05) is 6.61 Å². The lowest BCUT2D eigenvalue weighted by molar-refractivity contribution is 0.235. The van der Waals surface area contributed by atoms with Gasteiger partial charge in [-0.15, -0.1) is 0 Å². The summed E-state index contributed by atoms with van der Waals surface area (Å²) in [6.07, 6.45) is 2.46. The van der Waals surface area contributed by atoms with Crippen LogP contribution in [-0.2, 0) is 22.1 Å². The zero-order chi connectivity index (χ0) is 22.8. The number of hydrogen-bond donors (Lipinski definition) is 1. The highest BCUT2D eigenvalue weighted by Crippen LogP contribution is 2.33. The summed E-state index contributed by atoms with van der Waals surface area (Å²) in [4.78, 5) is 2.17. The average molecular weight is 488 g/mol. The molecule has 0 saturated carbocycles.